The van der Waals surface area contributed by atoms with E-state index in [0.717, 1.165) is 18.7 Å². The first-order chi connectivity index (χ1) is 11.1. The van der Waals surface area contributed by atoms with Gasteiger partial charge in [-0.15, -0.1) is 0 Å². The fraction of sp³-hybridized carbons (Fsp3) is 0.824. The van der Waals surface area contributed by atoms with Crippen LogP contribution >= 0.6 is 0 Å². The number of amides is 1. The molecule has 0 bridgehead atoms. The number of hydrogen-bond acceptors (Lipinski definition) is 5. The monoisotopic (exact) mass is 321 g/mol. The molecule has 1 saturated heterocycles. The molecule has 1 atom stereocenters. The van der Waals surface area contributed by atoms with Crippen LogP contribution in [0.2, 0.25) is 0 Å². The van der Waals surface area contributed by atoms with Gasteiger partial charge in [-0.3, -0.25) is 4.79 Å². The van der Waals surface area contributed by atoms with Gasteiger partial charge in [0.25, 0.3) is 0 Å². The largest absolute Gasteiger partial charge is 0.377 e. The van der Waals surface area contributed by atoms with Crippen molar-refractivity contribution in [2.24, 2.45) is 5.92 Å². The lowest BCUT2D eigenvalue weighted by Gasteiger charge is -2.36. The van der Waals surface area contributed by atoms with Crippen LogP contribution in [-0.2, 0) is 16.0 Å². The molecule has 1 saturated carbocycles. The molecular formula is C17H27N3O3. The summed E-state index contributed by atoms with van der Waals surface area (Å²) in [6, 6.07) is 0.223. The third-order valence-corrected chi connectivity index (χ3v) is 4.50. The highest BCUT2D eigenvalue weighted by Crippen LogP contribution is 2.38. The van der Waals surface area contributed by atoms with Crippen LogP contribution < -0.4 is 0 Å². The maximum Gasteiger partial charge on any atom is 0.226 e. The summed E-state index contributed by atoms with van der Waals surface area (Å²) in [5.74, 6) is 2.81. The molecule has 1 amide bonds. The van der Waals surface area contributed by atoms with E-state index in [1.54, 1.807) is 0 Å². The van der Waals surface area contributed by atoms with Crippen LogP contribution in [0.3, 0.4) is 0 Å². The zero-order valence-electron chi connectivity index (χ0n) is 14.2. The number of carbonyl (C=O) groups excluding carboxylic acids is 1. The van der Waals surface area contributed by atoms with E-state index in [9.17, 15) is 4.79 Å². The Morgan fingerprint density at radius 2 is 2.22 bits per heavy atom. The van der Waals surface area contributed by atoms with Crippen LogP contribution in [0.4, 0.5) is 0 Å². The second kappa shape index (κ2) is 7.43. The van der Waals surface area contributed by atoms with Gasteiger partial charge >= 0.3 is 0 Å². The van der Waals surface area contributed by atoms with Crippen molar-refractivity contribution in [3.63, 3.8) is 0 Å². The molecule has 2 aliphatic rings. The molecule has 1 aliphatic heterocycles. The average molecular weight is 321 g/mol. The molecule has 1 aromatic heterocycles. The topological polar surface area (TPSA) is 68.5 Å². The van der Waals surface area contributed by atoms with E-state index in [-0.39, 0.29) is 11.9 Å². The van der Waals surface area contributed by atoms with Crippen LogP contribution in [0.1, 0.15) is 63.6 Å². The third kappa shape index (κ3) is 4.53. The summed E-state index contributed by atoms with van der Waals surface area (Å²) in [6.45, 7) is 6.39. The number of carbonyl (C=O) groups is 1. The summed E-state index contributed by atoms with van der Waals surface area (Å²) in [7, 11) is 0. The quantitative estimate of drug-likeness (QED) is 0.772. The number of ether oxygens (including phenoxy) is 1. The molecule has 6 heteroatoms. The van der Waals surface area contributed by atoms with Crippen LogP contribution in [0.5, 0.6) is 0 Å². The van der Waals surface area contributed by atoms with E-state index in [0.29, 0.717) is 50.3 Å². The number of rotatable bonds is 7. The Morgan fingerprint density at radius 3 is 2.96 bits per heavy atom. The minimum atomic E-state index is 0.223. The molecule has 0 unspecified atom stereocenters. The van der Waals surface area contributed by atoms with Gasteiger partial charge in [0, 0.05) is 25.3 Å². The summed E-state index contributed by atoms with van der Waals surface area (Å²) in [4.78, 5) is 18.9. The van der Waals surface area contributed by atoms with Crippen LogP contribution in [-0.4, -0.2) is 46.7 Å². The lowest BCUT2D eigenvalue weighted by atomic mass is 10.0. The number of aryl methyl sites for hydroxylation is 1. The van der Waals surface area contributed by atoms with Gasteiger partial charge in [0.05, 0.1) is 19.3 Å². The minimum absolute atomic E-state index is 0.223. The zero-order valence-corrected chi connectivity index (χ0v) is 14.2. The van der Waals surface area contributed by atoms with Crippen molar-refractivity contribution in [3.05, 3.63) is 11.7 Å². The first-order valence-corrected chi connectivity index (χ1v) is 8.83. The van der Waals surface area contributed by atoms with Gasteiger partial charge in [-0.2, -0.15) is 4.98 Å². The highest BCUT2D eigenvalue weighted by Gasteiger charge is 2.29. The Kier molecular flexibility index (Phi) is 5.30. The molecule has 6 nitrogen and oxygen atoms in total. The summed E-state index contributed by atoms with van der Waals surface area (Å²) in [6.07, 6.45) is 5.33. The number of nitrogens with zero attached hydrogens (tertiary/aromatic N) is 3. The van der Waals surface area contributed by atoms with Crippen LogP contribution in [0.15, 0.2) is 4.52 Å². The number of morpholine rings is 1. The van der Waals surface area contributed by atoms with Gasteiger partial charge in [0.1, 0.15) is 0 Å². The minimum Gasteiger partial charge on any atom is -0.377 e. The molecular weight excluding hydrogens is 294 g/mol. The number of hydrogen-bond donors (Lipinski definition) is 0. The molecule has 23 heavy (non-hydrogen) atoms. The highest BCUT2D eigenvalue weighted by atomic mass is 16.5. The zero-order chi connectivity index (χ0) is 16.2. The van der Waals surface area contributed by atoms with Crippen molar-refractivity contribution in [1.82, 2.24) is 15.0 Å². The fourth-order valence-corrected chi connectivity index (χ4v) is 3.13. The van der Waals surface area contributed by atoms with E-state index < -0.39 is 0 Å². The summed E-state index contributed by atoms with van der Waals surface area (Å²) in [5.41, 5.74) is 0. The predicted octanol–water partition coefficient (Wildman–Crippen LogP) is 2.54. The molecule has 1 aromatic rings. The summed E-state index contributed by atoms with van der Waals surface area (Å²) >= 11 is 0. The third-order valence-electron chi connectivity index (χ3n) is 4.50. The maximum atomic E-state index is 12.5. The molecule has 2 fully saturated rings. The van der Waals surface area contributed by atoms with E-state index in [1.807, 2.05) is 4.90 Å². The highest BCUT2D eigenvalue weighted by molar-refractivity contribution is 5.76. The average Bonchev–Trinajstić information content (AvgIpc) is 3.27. The predicted molar refractivity (Wildman–Crippen MR) is 85.0 cm³/mol. The fourth-order valence-electron chi connectivity index (χ4n) is 3.13. The van der Waals surface area contributed by atoms with Crippen LogP contribution in [0, 0.1) is 5.92 Å². The Morgan fingerprint density at radius 1 is 1.39 bits per heavy atom. The van der Waals surface area contributed by atoms with Gasteiger partial charge in [-0.1, -0.05) is 19.0 Å². The lowest BCUT2D eigenvalue weighted by Crippen LogP contribution is -2.49. The normalized spacial score (nSPS) is 21.9. The molecule has 0 aromatic carbocycles. The van der Waals surface area contributed by atoms with E-state index in [2.05, 4.69) is 24.0 Å². The molecule has 2 heterocycles. The maximum absolute atomic E-state index is 12.5. The summed E-state index contributed by atoms with van der Waals surface area (Å²) in [5, 5.41) is 4.01. The van der Waals surface area contributed by atoms with Gasteiger partial charge in [0.15, 0.2) is 5.82 Å². The Hall–Kier alpha value is -1.43. The number of aromatic nitrogens is 2. The standard InChI is InChI=1S/C17H27N3O3/c1-12(2)10-14-11-22-9-8-20(14)16(21)5-3-4-15-18-17(19-23-15)13-6-7-13/h12-14H,3-11H2,1-2H3/t14-/m0/s1. The molecule has 128 valence electrons. The van der Waals surface area contributed by atoms with Gasteiger partial charge in [0.2, 0.25) is 11.8 Å². The second-order valence-corrected chi connectivity index (χ2v) is 7.12. The van der Waals surface area contributed by atoms with Crippen molar-refractivity contribution in [1.29, 1.82) is 0 Å². The van der Waals surface area contributed by atoms with Crippen molar-refractivity contribution >= 4 is 5.91 Å². The van der Waals surface area contributed by atoms with Gasteiger partial charge in [-0.25, -0.2) is 0 Å². The van der Waals surface area contributed by atoms with E-state index >= 15 is 0 Å². The van der Waals surface area contributed by atoms with Crippen molar-refractivity contribution in [2.75, 3.05) is 19.8 Å². The van der Waals surface area contributed by atoms with E-state index in [4.69, 9.17) is 9.26 Å². The molecule has 0 spiro atoms. The van der Waals surface area contributed by atoms with E-state index in [1.165, 1.54) is 12.8 Å². The van der Waals surface area contributed by atoms with Gasteiger partial charge in [-0.05, 0) is 31.6 Å². The first-order valence-electron chi connectivity index (χ1n) is 8.83. The Balaban J connectivity index is 1.45. The van der Waals surface area contributed by atoms with Crippen LogP contribution in [0.25, 0.3) is 0 Å². The Bertz CT molecular complexity index is 525. The van der Waals surface area contributed by atoms with Gasteiger partial charge < -0.3 is 14.2 Å². The molecule has 0 N–H and O–H groups in total. The smallest absolute Gasteiger partial charge is 0.226 e. The SMILES string of the molecule is CC(C)C[C@H]1COCCN1C(=O)CCCc1nc(C2CC2)no1. The molecule has 3 rings (SSSR count). The lowest BCUT2D eigenvalue weighted by molar-refractivity contribution is -0.140. The Labute approximate surface area is 137 Å². The molecule has 0 radical (unpaired) electrons. The molecule has 1 aliphatic carbocycles. The van der Waals surface area contributed by atoms with Crippen molar-refractivity contribution in [3.8, 4) is 0 Å². The van der Waals surface area contributed by atoms with Crippen molar-refractivity contribution < 1.29 is 14.1 Å². The first kappa shape index (κ1) is 16.4. The summed E-state index contributed by atoms with van der Waals surface area (Å²) < 4.78 is 10.8. The van der Waals surface area contributed by atoms with Crippen molar-refractivity contribution in [2.45, 2.75) is 64.3 Å². The second-order valence-electron chi connectivity index (χ2n) is 7.12.